The Kier molecular flexibility index (Phi) is 8.16. The van der Waals surface area contributed by atoms with E-state index in [0.29, 0.717) is 33.3 Å². The summed E-state index contributed by atoms with van der Waals surface area (Å²) in [6.07, 6.45) is 2.42. The zero-order valence-corrected chi connectivity index (χ0v) is 21.7. The van der Waals surface area contributed by atoms with Crippen molar-refractivity contribution in [1.82, 2.24) is 5.32 Å². The average molecular weight is 513 g/mol. The first kappa shape index (κ1) is 25.9. The van der Waals surface area contributed by atoms with Gasteiger partial charge in [0.1, 0.15) is 5.76 Å². The van der Waals surface area contributed by atoms with Gasteiger partial charge in [-0.3, -0.25) is 9.59 Å². The normalized spacial score (nSPS) is 15.1. The Labute approximate surface area is 220 Å². The number of anilines is 2. The number of rotatable bonds is 8. The number of hydrogen-bond acceptors (Lipinski definition) is 6. The molecule has 0 spiro atoms. The van der Waals surface area contributed by atoms with Gasteiger partial charge in [0.25, 0.3) is 5.91 Å². The van der Waals surface area contributed by atoms with Crippen molar-refractivity contribution in [3.63, 3.8) is 0 Å². The number of para-hydroxylation sites is 1. The fourth-order valence-electron chi connectivity index (χ4n) is 4.13. The van der Waals surface area contributed by atoms with Crippen molar-refractivity contribution in [3.05, 3.63) is 106 Å². The van der Waals surface area contributed by atoms with Crippen LogP contribution in [0.4, 0.5) is 11.4 Å². The minimum Gasteiger partial charge on any atom is -0.468 e. The first-order valence-electron chi connectivity index (χ1n) is 11.9. The Hall–Kier alpha value is -4.22. The summed E-state index contributed by atoms with van der Waals surface area (Å²) in [6.45, 7) is 5.78. The van der Waals surface area contributed by atoms with Crippen LogP contribution in [0.25, 0.3) is 0 Å². The molecule has 4 rings (SSSR count). The number of allylic oxidation sites excluding steroid dienone is 2. The van der Waals surface area contributed by atoms with Crippen molar-refractivity contribution in [3.8, 4) is 6.07 Å². The molecule has 1 aliphatic rings. The molecule has 0 saturated carbocycles. The molecule has 1 atom stereocenters. The second kappa shape index (κ2) is 11.7. The molecular formula is C29H28N4O3S. The third-order valence-corrected chi connectivity index (χ3v) is 7.12. The average Bonchev–Trinajstić information content (AvgIpc) is 3.43. The molecule has 0 radical (unpaired) electrons. The summed E-state index contributed by atoms with van der Waals surface area (Å²) in [5, 5.41) is 19.7. The van der Waals surface area contributed by atoms with E-state index in [1.165, 1.54) is 23.6 Å². The molecule has 0 saturated heterocycles. The number of amides is 2. The molecule has 1 aliphatic heterocycles. The van der Waals surface area contributed by atoms with Gasteiger partial charge in [0.05, 0.1) is 40.2 Å². The maximum absolute atomic E-state index is 13.5. The summed E-state index contributed by atoms with van der Waals surface area (Å²) >= 11 is 1.22. The van der Waals surface area contributed by atoms with Crippen molar-refractivity contribution in [2.24, 2.45) is 0 Å². The molecule has 188 valence electrons. The van der Waals surface area contributed by atoms with Crippen molar-refractivity contribution >= 4 is 35.0 Å². The van der Waals surface area contributed by atoms with Gasteiger partial charge in [-0.05, 0) is 61.7 Å². The maximum atomic E-state index is 13.5. The van der Waals surface area contributed by atoms with E-state index >= 15 is 0 Å². The number of carbonyl (C=O) groups is 2. The highest BCUT2D eigenvalue weighted by Crippen LogP contribution is 2.41. The van der Waals surface area contributed by atoms with Crippen LogP contribution in [0.2, 0.25) is 0 Å². The Bertz CT molecular complexity index is 1400. The van der Waals surface area contributed by atoms with E-state index in [2.05, 4.69) is 28.9 Å². The lowest BCUT2D eigenvalue weighted by Crippen LogP contribution is -2.31. The fourth-order valence-corrected chi connectivity index (χ4v) is 5.02. The van der Waals surface area contributed by atoms with Crippen molar-refractivity contribution in [1.29, 1.82) is 5.26 Å². The number of aryl methyl sites for hydroxylation is 2. The van der Waals surface area contributed by atoms with Crippen LogP contribution in [0.1, 0.15) is 36.7 Å². The van der Waals surface area contributed by atoms with Gasteiger partial charge in [0, 0.05) is 17.1 Å². The lowest BCUT2D eigenvalue weighted by atomic mass is 9.85. The number of benzene rings is 2. The highest BCUT2D eigenvalue weighted by atomic mass is 32.2. The van der Waals surface area contributed by atoms with E-state index in [1.807, 2.05) is 55.5 Å². The summed E-state index contributed by atoms with van der Waals surface area (Å²) < 4.78 is 5.66. The predicted molar refractivity (Wildman–Crippen MR) is 147 cm³/mol. The molecule has 2 amide bonds. The lowest BCUT2D eigenvalue weighted by molar-refractivity contribution is -0.114. The van der Waals surface area contributed by atoms with Crippen molar-refractivity contribution in [2.75, 3.05) is 16.4 Å². The lowest BCUT2D eigenvalue weighted by Gasteiger charge is -2.28. The number of thioether (sulfide) groups is 1. The van der Waals surface area contributed by atoms with Gasteiger partial charge in [0.15, 0.2) is 0 Å². The molecule has 1 aromatic heterocycles. The number of nitrogens with zero attached hydrogens (tertiary/aromatic N) is 1. The summed E-state index contributed by atoms with van der Waals surface area (Å²) in [6, 6.07) is 20.9. The van der Waals surface area contributed by atoms with Gasteiger partial charge in [-0.15, -0.1) is 0 Å². The van der Waals surface area contributed by atoms with Crippen LogP contribution in [0.15, 0.2) is 93.2 Å². The molecule has 0 fully saturated rings. The fraction of sp³-hybridized carbons (Fsp3) is 0.207. The number of nitriles is 1. The highest BCUT2D eigenvalue weighted by molar-refractivity contribution is 8.03. The Morgan fingerprint density at radius 3 is 2.46 bits per heavy atom. The monoisotopic (exact) mass is 512 g/mol. The van der Waals surface area contributed by atoms with Crippen LogP contribution >= 0.6 is 11.8 Å². The quantitative estimate of drug-likeness (QED) is 0.349. The molecular weight excluding hydrogens is 484 g/mol. The van der Waals surface area contributed by atoms with Crippen LogP contribution in [0, 0.1) is 18.3 Å². The minimum atomic E-state index is -0.710. The van der Waals surface area contributed by atoms with E-state index in [0.717, 1.165) is 17.7 Å². The first-order valence-corrected chi connectivity index (χ1v) is 12.9. The van der Waals surface area contributed by atoms with E-state index in [4.69, 9.17) is 4.42 Å². The van der Waals surface area contributed by atoms with E-state index in [1.54, 1.807) is 19.1 Å². The largest absolute Gasteiger partial charge is 0.468 e. The summed E-state index contributed by atoms with van der Waals surface area (Å²) in [5.74, 6) is -0.666. The van der Waals surface area contributed by atoms with E-state index in [9.17, 15) is 14.9 Å². The SMILES string of the molecule is CCc1ccc(NC(=O)C2=C(C)NC(SCC(=O)Nc3ccccc3C)=C(C#N)C2c2ccco2)cc1. The third-order valence-electron chi connectivity index (χ3n) is 6.11. The van der Waals surface area contributed by atoms with Crippen molar-refractivity contribution in [2.45, 2.75) is 33.1 Å². The smallest absolute Gasteiger partial charge is 0.254 e. The summed E-state index contributed by atoms with van der Waals surface area (Å²) in [4.78, 5) is 26.1. The summed E-state index contributed by atoms with van der Waals surface area (Å²) in [5.41, 5.74) is 4.84. The molecule has 2 aromatic carbocycles. The van der Waals surface area contributed by atoms with Crippen LogP contribution in [0.3, 0.4) is 0 Å². The Morgan fingerprint density at radius 2 is 1.81 bits per heavy atom. The zero-order valence-electron chi connectivity index (χ0n) is 20.9. The second-order valence-corrected chi connectivity index (χ2v) is 9.61. The zero-order chi connectivity index (χ0) is 26.4. The molecule has 0 bridgehead atoms. The molecule has 3 N–H and O–H groups in total. The van der Waals surface area contributed by atoms with Gasteiger partial charge in [-0.25, -0.2) is 0 Å². The number of furan rings is 1. The number of nitrogens with one attached hydrogen (secondary N) is 3. The number of hydrogen-bond donors (Lipinski definition) is 3. The minimum absolute atomic E-state index is 0.0886. The van der Waals surface area contributed by atoms with Gasteiger partial charge in [-0.2, -0.15) is 5.26 Å². The van der Waals surface area contributed by atoms with Gasteiger partial charge < -0.3 is 20.4 Å². The summed E-state index contributed by atoms with van der Waals surface area (Å²) in [7, 11) is 0. The third kappa shape index (κ3) is 5.96. The molecule has 8 heteroatoms. The van der Waals surface area contributed by atoms with Crippen molar-refractivity contribution < 1.29 is 14.0 Å². The molecule has 2 heterocycles. The molecule has 3 aromatic rings. The Balaban J connectivity index is 1.57. The molecule has 7 nitrogen and oxygen atoms in total. The van der Waals surface area contributed by atoms with Gasteiger partial charge >= 0.3 is 0 Å². The standard InChI is InChI=1S/C29H28N4O3S/c1-4-20-11-13-21(14-12-20)32-28(35)26-19(3)31-29(22(16-30)27(26)24-10-7-15-36-24)37-17-25(34)33-23-9-6-5-8-18(23)2/h5-15,27,31H,4,17H2,1-3H3,(H,32,35)(H,33,34). The van der Waals surface area contributed by atoms with Gasteiger partial charge in [0.2, 0.25) is 5.91 Å². The first-order chi connectivity index (χ1) is 17.9. The van der Waals surface area contributed by atoms with Crippen LogP contribution in [0.5, 0.6) is 0 Å². The van der Waals surface area contributed by atoms with E-state index < -0.39 is 5.92 Å². The van der Waals surface area contributed by atoms with Crippen LogP contribution in [-0.2, 0) is 16.0 Å². The topological polar surface area (TPSA) is 107 Å². The Morgan fingerprint density at radius 1 is 1.05 bits per heavy atom. The molecule has 0 aliphatic carbocycles. The maximum Gasteiger partial charge on any atom is 0.254 e. The number of dihydropyridines is 1. The van der Waals surface area contributed by atoms with Crippen LogP contribution < -0.4 is 16.0 Å². The predicted octanol–water partition coefficient (Wildman–Crippen LogP) is 5.86. The molecule has 37 heavy (non-hydrogen) atoms. The van der Waals surface area contributed by atoms with E-state index in [-0.39, 0.29) is 17.6 Å². The second-order valence-electron chi connectivity index (χ2n) is 8.62. The number of carbonyl (C=O) groups excluding carboxylic acids is 2. The highest BCUT2D eigenvalue weighted by Gasteiger charge is 2.36. The van der Waals surface area contributed by atoms with Crippen LogP contribution in [-0.4, -0.2) is 17.6 Å². The van der Waals surface area contributed by atoms with Gasteiger partial charge in [-0.1, -0.05) is 49.0 Å². The molecule has 1 unspecified atom stereocenters.